The van der Waals surface area contributed by atoms with Crippen LogP contribution in [0.1, 0.15) is 18.1 Å². The van der Waals surface area contributed by atoms with E-state index in [2.05, 4.69) is 5.32 Å². The number of carbonyl (C=O) groups excluding carboxylic acids is 1. The Hall–Kier alpha value is -2.54. The molecule has 0 aliphatic heterocycles. The van der Waals surface area contributed by atoms with E-state index in [4.69, 9.17) is 4.74 Å². The Bertz CT molecular complexity index is 863. The molecule has 0 unspecified atom stereocenters. The maximum atomic E-state index is 12.2. The van der Waals surface area contributed by atoms with Crippen molar-refractivity contribution in [1.82, 2.24) is 5.32 Å². The van der Waals surface area contributed by atoms with Crippen molar-refractivity contribution in [3.63, 3.8) is 0 Å². The molecule has 2 rings (SSSR count). The summed E-state index contributed by atoms with van der Waals surface area (Å²) in [6.45, 7) is 4.11. The van der Waals surface area contributed by atoms with E-state index in [0.29, 0.717) is 18.0 Å². The minimum absolute atomic E-state index is 0.217. The fourth-order valence-corrected chi connectivity index (χ4v) is 2.82. The molecule has 2 aromatic rings. The van der Waals surface area contributed by atoms with E-state index in [9.17, 15) is 13.2 Å². The van der Waals surface area contributed by atoms with Gasteiger partial charge in [-0.1, -0.05) is 24.3 Å². The summed E-state index contributed by atoms with van der Waals surface area (Å²) < 4.78 is 29.9. The van der Waals surface area contributed by atoms with Crippen LogP contribution in [0.3, 0.4) is 0 Å². The van der Waals surface area contributed by atoms with Crippen LogP contribution in [0.15, 0.2) is 48.5 Å². The number of benzene rings is 2. The number of carbonyl (C=O) groups is 1. The lowest BCUT2D eigenvalue weighted by molar-refractivity contribution is -0.127. The predicted octanol–water partition coefficient (Wildman–Crippen LogP) is 2.47. The molecular formula is C19H24N2O4S. The van der Waals surface area contributed by atoms with E-state index in [1.807, 2.05) is 31.2 Å². The van der Waals surface area contributed by atoms with E-state index < -0.39 is 16.1 Å². The zero-order valence-corrected chi connectivity index (χ0v) is 16.2. The van der Waals surface area contributed by atoms with Gasteiger partial charge >= 0.3 is 0 Å². The number of ether oxygens (including phenoxy) is 1. The first-order valence-corrected chi connectivity index (χ1v) is 10.1. The summed E-state index contributed by atoms with van der Waals surface area (Å²) in [6, 6.07) is 14.4. The predicted molar refractivity (Wildman–Crippen MR) is 103 cm³/mol. The molecule has 26 heavy (non-hydrogen) atoms. The van der Waals surface area contributed by atoms with Crippen LogP contribution in [-0.2, 0) is 21.4 Å². The molecule has 0 aliphatic rings. The highest BCUT2D eigenvalue weighted by Gasteiger charge is 2.16. The summed E-state index contributed by atoms with van der Waals surface area (Å²) in [4.78, 5) is 12.2. The average molecular weight is 376 g/mol. The number of sulfonamides is 1. The first kappa shape index (κ1) is 19.8. The van der Waals surface area contributed by atoms with Gasteiger partial charge in [-0.3, -0.25) is 9.10 Å². The molecule has 0 fully saturated rings. The standard InChI is InChI=1S/C19H24N2O4S/c1-14-7-5-6-8-16(14)13-20-19(22)15(2)25-18-11-9-17(10-12-18)21(3)26(4,23)24/h5-12,15H,13H2,1-4H3,(H,20,22)/t15-/m1/s1. The Morgan fingerprint density at radius 1 is 1.15 bits per heavy atom. The smallest absolute Gasteiger partial charge is 0.261 e. The van der Waals surface area contributed by atoms with Gasteiger partial charge in [-0.15, -0.1) is 0 Å². The zero-order chi connectivity index (χ0) is 19.3. The Labute approximate surface area is 154 Å². The third kappa shape index (κ3) is 5.23. The number of aryl methyl sites for hydroxylation is 1. The quantitative estimate of drug-likeness (QED) is 0.805. The van der Waals surface area contributed by atoms with E-state index in [-0.39, 0.29) is 5.91 Å². The lowest BCUT2D eigenvalue weighted by Crippen LogP contribution is -2.36. The summed E-state index contributed by atoms with van der Waals surface area (Å²) in [5.74, 6) is 0.278. The van der Waals surface area contributed by atoms with E-state index >= 15 is 0 Å². The summed E-state index contributed by atoms with van der Waals surface area (Å²) >= 11 is 0. The van der Waals surface area contributed by atoms with Gasteiger partial charge < -0.3 is 10.1 Å². The fraction of sp³-hybridized carbons (Fsp3) is 0.316. The average Bonchev–Trinajstić information content (AvgIpc) is 2.60. The molecule has 0 aromatic heterocycles. The second-order valence-electron chi connectivity index (χ2n) is 6.13. The van der Waals surface area contributed by atoms with Crippen LogP contribution in [-0.4, -0.2) is 33.7 Å². The monoisotopic (exact) mass is 376 g/mol. The molecule has 7 heteroatoms. The number of anilines is 1. The molecule has 0 radical (unpaired) electrons. The summed E-state index contributed by atoms with van der Waals surface area (Å²) in [7, 11) is -1.84. The molecule has 0 saturated heterocycles. The highest BCUT2D eigenvalue weighted by Crippen LogP contribution is 2.21. The Morgan fingerprint density at radius 3 is 2.35 bits per heavy atom. The van der Waals surface area contributed by atoms with E-state index in [1.165, 1.54) is 11.4 Å². The van der Waals surface area contributed by atoms with Crippen molar-refractivity contribution < 1.29 is 17.9 Å². The normalized spacial score (nSPS) is 12.3. The van der Waals surface area contributed by atoms with Crippen molar-refractivity contribution in [3.8, 4) is 5.75 Å². The summed E-state index contributed by atoms with van der Waals surface area (Å²) in [5, 5.41) is 2.86. The number of hydrogen-bond acceptors (Lipinski definition) is 4. The molecule has 140 valence electrons. The maximum Gasteiger partial charge on any atom is 0.261 e. The number of amides is 1. The van der Waals surface area contributed by atoms with Crippen LogP contribution in [0.4, 0.5) is 5.69 Å². The van der Waals surface area contributed by atoms with Crippen LogP contribution in [0.25, 0.3) is 0 Å². The Balaban J connectivity index is 1.93. The first-order valence-electron chi connectivity index (χ1n) is 8.21. The van der Waals surface area contributed by atoms with E-state index in [0.717, 1.165) is 17.4 Å². The molecule has 2 aromatic carbocycles. The van der Waals surface area contributed by atoms with Crippen molar-refractivity contribution in [3.05, 3.63) is 59.7 Å². The van der Waals surface area contributed by atoms with Crippen molar-refractivity contribution in [1.29, 1.82) is 0 Å². The molecule has 0 heterocycles. The summed E-state index contributed by atoms with van der Waals surface area (Å²) in [5.41, 5.74) is 2.70. The Kier molecular flexibility index (Phi) is 6.26. The van der Waals surface area contributed by atoms with Gasteiger partial charge in [-0.25, -0.2) is 8.42 Å². The van der Waals surface area contributed by atoms with Crippen LogP contribution in [0, 0.1) is 6.92 Å². The minimum atomic E-state index is -3.31. The van der Waals surface area contributed by atoms with Gasteiger partial charge in [0.05, 0.1) is 11.9 Å². The second-order valence-corrected chi connectivity index (χ2v) is 8.14. The molecule has 0 saturated carbocycles. The van der Waals surface area contributed by atoms with Gasteiger partial charge in [0.2, 0.25) is 10.0 Å². The largest absolute Gasteiger partial charge is 0.481 e. The molecular weight excluding hydrogens is 352 g/mol. The molecule has 1 atom stereocenters. The summed E-state index contributed by atoms with van der Waals surface area (Å²) in [6.07, 6.45) is 0.468. The molecule has 0 aliphatic carbocycles. The van der Waals surface area contributed by atoms with Gasteiger partial charge in [0, 0.05) is 13.6 Å². The number of hydrogen-bond donors (Lipinski definition) is 1. The van der Waals surface area contributed by atoms with Gasteiger partial charge in [0.1, 0.15) is 5.75 Å². The number of nitrogens with one attached hydrogen (secondary N) is 1. The zero-order valence-electron chi connectivity index (χ0n) is 15.4. The van der Waals surface area contributed by atoms with Crippen molar-refractivity contribution >= 4 is 21.6 Å². The van der Waals surface area contributed by atoms with Crippen LogP contribution in [0.2, 0.25) is 0 Å². The molecule has 1 N–H and O–H groups in total. The van der Waals surface area contributed by atoms with Crippen LogP contribution < -0.4 is 14.4 Å². The van der Waals surface area contributed by atoms with Gasteiger partial charge in [0.15, 0.2) is 6.10 Å². The topological polar surface area (TPSA) is 75.7 Å². The SMILES string of the molecule is Cc1ccccc1CNC(=O)[C@@H](C)Oc1ccc(N(C)S(C)(=O)=O)cc1. The van der Waals surface area contributed by atoms with E-state index in [1.54, 1.807) is 31.2 Å². The minimum Gasteiger partial charge on any atom is -0.481 e. The maximum absolute atomic E-state index is 12.2. The fourth-order valence-electron chi connectivity index (χ4n) is 2.32. The highest BCUT2D eigenvalue weighted by molar-refractivity contribution is 7.92. The molecule has 6 nitrogen and oxygen atoms in total. The lowest BCUT2D eigenvalue weighted by atomic mass is 10.1. The molecule has 1 amide bonds. The van der Waals surface area contributed by atoms with Gasteiger partial charge in [-0.05, 0) is 49.2 Å². The molecule has 0 spiro atoms. The number of nitrogens with zero attached hydrogens (tertiary/aromatic N) is 1. The number of rotatable bonds is 7. The van der Waals surface area contributed by atoms with Crippen LogP contribution in [0.5, 0.6) is 5.75 Å². The van der Waals surface area contributed by atoms with Gasteiger partial charge in [-0.2, -0.15) is 0 Å². The molecule has 0 bridgehead atoms. The van der Waals surface area contributed by atoms with Crippen molar-refractivity contribution in [2.75, 3.05) is 17.6 Å². The van der Waals surface area contributed by atoms with Crippen LogP contribution >= 0.6 is 0 Å². The third-order valence-electron chi connectivity index (χ3n) is 4.09. The van der Waals surface area contributed by atoms with Crippen molar-refractivity contribution in [2.45, 2.75) is 26.5 Å². The highest BCUT2D eigenvalue weighted by atomic mass is 32.2. The van der Waals surface area contributed by atoms with Crippen molar-refractivity contribution in [2.24, 2.45) is 0 Å². The second kappa shape index (κ2) is 8.23. The first-order chi connectivity index (χ1) is 12.2. The Morgan fingerprint density at radius 2 is 1.77 bits per heavy atom. The van der Waals surface area contributed by atoms with Gasteiger partial charge in [0.25, 0.3) is 5.91 Å². The third-order valence-corrected chi connectivity index (χ3v) is 5.30. The lowest BCUT2D eigenvalue weighted by Gasteiger charge is -2.18.